The Balaban J connectivity index is 1.87. The summed E-state index contributed by atoms with van der Waals surface area (Å²) in [7, 11) is 0. The minimum atomic E-state index is -0.399. The van der Waals surface area contributed by atoms with Crippen molar-refractivity contribution in [3.63, 3.8) is 0 Å². The first kappa shape index (κ1) is 15.0. The third-order valence-corrected chi connectivity index (χ3v) is 3.79. The van der Waals surface area contributed by atoms with Crippen molar-refractivity contribution in [2.24, 2.45) is 0 Å². The van der Waals surface area contributed by atoms with E-state index in [1.165, 1.54) is 0 Å². The van der Waals surface area contributed by atoms with Gasteiger partial charge in [-0.05, 0) is 23.9 Å². The van der Waals surface area contributed by atoms with E-state index in [9.17, 15) is 14.4 Å². The third-order valence-electron chi connectivity index (χ3n) is 3.79. The van der Waals surface area contributed by atoms with Crippen molar-refractivity contribution in [1.82, 2.24) is 15.5 Å². The zero-order valence-corrected chi connectivity index (χ0v) is 12.8. The molecule has 6 heteroatoms. The number of hydrogen-bond acceptors (Lipinski definition) is 3. The van der Waals surface area contributed by atoms with Crippen LogP contribution in [-0.4, -0.2) is 36.0 Å². The van der Waals surface area contributed by atoms with Crippen molar-refractivity contribution in [3.8, 4) is 0 Å². The molecule has 0 saturated carbocycles. The summed E-state index contributed by atoms with van der Waals surface area (Å²) in [6.45, 7) is 2.32. The average Bonchev–Trinajstić information content (AvgIpc) is 2.57. The van der Waals surface area contributed by atoms with E-state index in [1.54, 1.807) is 24.3 Å². The summed E-state index contributed by atoms with van der Waals surface area (Å²) in [5.74, 6) is -0.787. The highest BCUT2D eigenvalue weighted by Crippen LogP contribution is 2.29. The van der Waals surface area contributed by atoms with Crippen LogP contribution in [0.15, 0.2) is 36.4 Å². The van der Waals surface area contributed by atoms with Crippen molar-refractivity contribution in [2.75, 3.05) is 13.2 Å². The highest BCUT2D eigenvalue weighted by molar-refractivity contribution is 6.25. The minimum absolute atomic E-state index is 0.155. The van der Waals surface area contributed by atoms with E-state index >= 15 is 0 Å². The van der Waals surface area contributed by atoms with Gasteiger partial charge in [-0.1, -0.05) is 31.2 Å². The van der Waals surface area contributed by atoms with Crippen LogP contribution in [0.4, 0.5) is 4.79 Å². The van der Waals surface area contributed by atoms with Crippen molar-refractivity contribution in [1.29, 1.82) is 0 Å². The van der Waals surface area contributed by atoms with Crippen LogP contribution in [-0.2, 0) is 0 Å². The Hall–Kier alpha value is -2.89. The second kappa shape index (κ2) is 6.08. The molecule has 6 nitrogen and oxygen atoms in total. The Morgan fingerprint density at radius 3 is 2.17 bits per heavy atom. The molecule has 0 unspecified atom stereocenters. The number of hydrogen-bond donors (Lipinski definition) is 2. The number of amides is 4. The highest BCUT2D eigenvalue weighted by Gasteiger charge is 2.32. The summed E-state index contributed by atoms with van der Waals surface area (Å²) in [5.41, 5.74) is 0.960. The Bertz CT molecular complexity index is 750. The van der Waals surface area contributed by atoms with E-state index in [-0.39, 0.29) is 6.67 Å². The number of nitrogens with one attached hydrogen (secondary N) is 2. The van der Waals surface area contributed by atoms with Gasteiger partial charge in [0, 0.05) is 23.1 Å². The van der Waals surface area contributed by atoms with Gasteiger partial charge in [-0.25, -0.2) is 4.79 Å². The van der Waals surface area contributed by atoms with E-state index < -0.39 is 17.8 Å². The van der Waals surface area contributed by atoms with Crippen LogP contribution in [0.3, 0.4) is 0 Å². The summed E-state index contributed by atoms with van der Waals surface area (Å²) < 4.78 is 0. The van der Waals surface area contributed by atoms with Gasteiger partial charge in [-0.15, -0.1) is 0 Å². The smallest absolute Gasteiger partial charge is 0.316 e. The van der Waals surface area contributed by atoms with Gasteiger partial charge in [0.25, 0.3) is 11.8 Å². The summed E-state index contributed by atoms with van der Waals surface area (Å²) in [5, 5.41) is 6.72. The van der Waals surface area contributed by atoms with E-state index in [0.29, 0.717) is 23.1 Å². The molecule has 1 aliphatic rings. The van der Waals surface area contributed by atoms with E-state index in [0.717, 1.165) is 16.7 Å². The molecule has 0 spiro atoms. The van der Waals surface area contributed by atoms with E-state index in [2.05, 4.69) is 10.6 Å². The lowest BCUT2D eigenvalue weighted by atomic mass is 9.94. The SMILES string of the molecule is CCCNC(=O)NCN1C(=O)c2cccc3cccc(c23)C1=O. The Morgan fingerprint density at radius 1 is 1.00 bits per heavy atom. The number of nitrogens with zero attached hydrogens (tertiary/aromatic N) is 1. The molecule has 2 aromatic carbocycles. The second-order valence-electron chi connectivity index (χ2n) is 5.34. The van der Waals surface area contributed by atoms with Gasteiger partial charge in [0.05, 0.1) is 0 Å². The summed E-state index contributed by atoms with van der Waals surface area (Å²) in [4.78, 5) is 37.8. The number of benzene rings is 2. The molecule has 0 atom stereocenters. The van der Waals surface area contributed by atoms with Crippen LogP contribution >= 0.6 is 0 Å². The molecular formula is C17H17N3O3. The fraction of sp³-hybridized carbons (Fsp3) is 0.235. The van der Waals surface area contributed by atoms with Gasteiger partial charge in [0.2, 0.25) is 0 Å². The summed E-state index contributed by atoms with van der Waals surface area (Å²) in [6.07, 6.45) is 0.810. The van der Waals surface area contributed by atoms with Gasteiger partial charge < -0.3 is 10.6 Å². The molecule has 2 N–H and O–H groups in total. The number of carbonyl (C=O) groups excluding carboxylic acids is 3. The van der Waals surface area contributed by atoms with Gasteiger partial charge in [-0.3, -0.25) is 14.5 Å². The lowest BCUT2D eigenvalue weighted by Gasteiger charge is -2.27. The summed E-state index contributed by atoms with van der Waals surface area (Å²) in [6, 6.07) is 10.3. The molecular weight excluding hydrogens is 294 g/mol. The number of urea groups is 1. The molecule has 2 aromatic rings. The quantitative estimate of drug-likeness (QED) is 0.849. The van der Waals surface area contributed by atoms with Crippen LogP contribution in [0.2, 0.25) is 0 Å². The number of rotatable bonds is 4. The third kappa shape index (κ3) is 2.63. The predicted octanol–water partition coefficient (Wildman–Crippen LogP) is 2.10. The average molecular weight is 311 g/mol. The predicted molar refractivity (Wildman–Crippen MR) is 86.1 cm³/mol. The Kier molecular flexibility index (Phi) is 3.97. The summed E-state index contributed by atoms with van der Waals surface area (Å²) >= 11 is 0. The van der Waals surface area contributed by atoms with Gasteiger partial charge >= 0.3 is 6.03 Å². The minimum Gasteiger partial charge on any atom is -0.338 e. The molecule has 118 valence electrons. The topological polar surface area (TPSA) is 78.5 Å². The Morgan fingerprint density at radius 2 is 1.61 bits per heavy atom. The number of carbonyl (C=O) groups is 3. The molecule has 4 amide bonds. The van der Waals surface area contributed by atoms with Crippen LogP contribution < -0.4 is 10.6 Å². The van der Waals surface area contributed by atoms with Crippen molar-refractivity contribution in [3.05, 3.63) is 47.5 Å². The van der Waals surface area contributed by atoms with Crippen LogP contribution in [0, 0.1) is 0 Å². The zero-order valence-electron chi connectivity index (χ0n) is 12.8. The molecule has 0 radical (unpaired) electrons. The molecule has 1 aliphatic heterocycles. The van der Waals surface area contributed by atoms with Crippen LogP contribution in [0.5, 0.6) is 0 Å². The van der Waals surface area contributed by atoms with Crippen molar-refractivity contribution in [2.45, 2.75) is 13.3 Å². The van der Waals surface area contributed by atoms with E-state index in [4.69, 9.17) is 0 Å². The fourth-order valence-electron chi connectivity index (χ4n) is 2.68. The first-order valence-corrected chi connectivity index (χ1v) is 7.53. The van der Waals surface area contributed by atoms with Crippen LogP contribution in [0.25, 0.3) is 10.8 Å². The van der Waals surface area contributed by atoms with Gasteiger partial charge in [0.1, 0.15) is 6.67 Å². The molecule has 0 fully saturated rings. The van der Waals surface area contributed by atoms with Gasteiger partial charge in [0.15, 0.2) is 0 Å². The van der Waals surface area contributed by atoms with Gasteiger partial charge in [-0.2, -0.15) is 0 Å². The fourth-order valence-corrected chi connectivity index (χ4v) is 2.68. The molecule has 0 aliphatic carbocycles. The molecule has 1 heterocycles. The first-order chi connectivity index (χ1) is 11.1. The molecule has 3 rings (SSSR count). The maximum atomic E-state index is 12.6. The molecule has 23 heavy (non-hydrogen) atoms. The largest absolute Gasteiger partial charge is 0.338 e. The molecule has 0 aromatic heterocycles. The lowest BCUT2D eigenvalue weighted by Crippen LogP contribution is -2.49. The zero-order chi connectivity index (χ0) is 16.4. The highest BCUT2D eigenvalue weighted by atomic mass is 16.2. The maximum absolute atomic E-state index is 12.6. The number of imide groups is 1. The van der Waals surface area contributed by atoms with Crippen molar-refractivity contribution < 1.29 is 14.4 Å². The monoisotopic (exact) mass is 311 g/mol. The maximum Gasteiger partial charge on any atom is 0.316 e. The lowest BCUT2D eigenvalue weighted by molar-refractivity contribution is 0.0603. The van der Waals surface area contributed by atoms with Crippen LogP contribution in [0.1, 0.15) is 34.1 Å². The first-order valence-electron chi connectivity index (χ1n) is 7.53. The van der Waals surface area contributed by atoms with E-state index in [1.807, 2.05) is 19.1 Å². The molecule has 0 bridgehead atoms. The Labute approximate surface area is 133 Å². The molecule has 0 saturated heterocycles. The normalized spacial score (nSPS) is 13.3. The van der Waals surface area contributed by atoms with Crippen molar-refractivity contribution >= 4 is 28.6 Å². The standard InChI is InChI=1S/C17H17N3O3/c1-2-9-18-17(23)19-10-20-15(21)12-7-3-5-11-6-4-8-13(14(11)12)16(20)22/h3-8H,2,9-10H2,1H3,(H2,18,19,23). The second-order valence-corrected chi connectivity index (χ2v) is 5.34.